The van der Waals surface area contributed by atoms with Crippen molar-refractivity contribution in [2.24, 2.45) is 0 Å². The predicted octanol–water partition coefficient (Wildman–Crippen LogP) is 5.94. The number of nitrogens with zero attached hydrogens (tertiary/aromatic N) is 3. The number of aryl methyl sites for hydroxylation is 1. The van der Waals surface area contributed by atoms with Crippen LogP contribution in [0.4, 0.5) is 0 Å². The van der Waals surface area contributed by atoms with Crippen molar-refractivity contribution in [3.63, 3.8) is 0 Å². The Bertz CT molecular complexity index is 1390. The number of aromatic nitrogens is 3. The minimum absolute atomic E-state index is 0.518. The smallest absolute Gasteiger partial charge is 0.149 e. The lowest BCUT2D eigenvalue weighted by molar-refractivity contribution is 0.836. The SMILES string of the molecule is Cc1ccc(Cn2cc(C=C(C#N)c3nc4ccccc4[nH]3)c3ccccc32)cc1. The quantitative estimate of drug-likeness (QED) is 0.387. The van der Waals surface area contributed by atoms with Gasteiger partial charge in [-0.15, -0.1) is 0 Å². The fraction of sp³-hybridized carbons (Fsp3) is 0.0769. The van der Waals surface area contributed by atoms with Crippen LogP contribution in [0.2, 0.25) is 0 Å². The van der Waals surface area contributed by atoms with Gasteiger partial charge in [-0.2, -0.15) is 5.26 Å². The summed E-state index contributed by atoms with van der Waals surface area (Å²) in [6.45, 7) is 2.88. The van der Waals surface area contributed by atoms with Crippen LogP contribution in [0.5, 0.6) is 0 Å². The average Bonchev–Trinajstić information content (AvgIpc) is 3.35. The first-order chi connectivity index (χ1) is 14.7. The van der Waals surface area contributed by atoms with Gasteiger partial charge in [0.25, 0.3) is 0 Å². The number of aromatic amines is 1. The van der Waals surface area contributed by atoms with Gasteiger partial charge in [-0.25, -0.2) is 4.98 Å². The molecule has 144 valence electrons. The van der Waals surface area contributed by atoms with E-state index < -0.39 is 0 Å². The van der Waals surface area contributed by atoms with Crippen molar-refractivity contribution in [1.82, 2.24) is 14.5 Å². The molecule has 0 aliphatic heterocycles. The minimum Gasteiger partial charge on any atom is -0.342 e. The van der Waals surface area contributed by atoms with E-state index in [1.54, 1.807) is 0 Å². The number of para-hydroxylation sites is 3. The maximum Gasteiger partial charge on any atom is 0.149 e. The lowest BCUT2D eigenvalue weighted by Crippen LogP contribution is -1.97. The number of nitriles is 1. The van der Waals surface area contributed by atoms with Crippen molar-refractivity contribution >= 4 is 33.6 Å². The maximum absolute atomic E-state index is 9.82. The van der Waals surface area contributed by atoms with E-state index >= 15 is 0 Å². The van der Waals surface area contributed by atoms with Crippen LogP contribution in [-0.2, 0) is 6.54 Å². The maximum atomic E-state index is 9.82. The number of hydrogen-bond donors (Lipinski definition) is 1. The Kier molecular flexibility index (Phi) is 4.42. The highest BCUT2D eigenvalue weighted by Gasteiger charge is 2.11. The number of fused-ring (bicyclic) bond motifs is 2. The molecule has 1 N–H and O–H groups in total. The molecule has 3 aromatic carbocycles. The van der Waals surface area contributed by atoms with E-state index in [-0.39, 0.29) is 0 Å². The zero-order valence-corrected chi connectivity index (χ0v) is 16.6. The number of allylic oxidation sites excluding steroid dienone is 1. The summed E-state index contributed by atoms with van der Waals surface area (Å²) in [5.41, 5.74) is 6.95. The predicted molar refractivity (Wildman–Crippen MR) is 122 cm³/mol. The Balaban J connectivity index is 1.59. The summed E-state index contributed by atoms with van der Waals surface area (Å²) < 4.78 is 2.24. The molecular formula is C26H20N4. The first-order valence-corrected chi connectivity index (χ1v) is 9.91. The summed E-state index contributed by atoms with van der Waals surface area (Å²) in [7, 11) is 0. The second-order valence-electron chi connectivity index (χ2n) is 7.49. The van der Waals surface area contributed by atoms with Gasteiger partial charge in [0, 0.05) is 29.2 Å². The van der Waals surface area contributed by atoms with Gasteiger partial charge in [0.05, 0.1) is 16.6 Å². The van der Waals surface area contributed by atoms with Crippen LogP contribution in [0.1, 0.15) is 22.5 Å². The summed E-state index contributed by atoms with van der Waals surface area (Å²) in [5.74, 6) is 0.592. The minimum atomic E-state index is 0.518. The van der Waals surface area contributed by atoms with Crippen LogP contribution < -0.4 is 0 Å². The van der Waals surface area contributed by atoms with Gasteiger partial charge in [-0.3, -0.25) is 0 Å². The molecule has 0 radical (unpaired) electrons. The molecule has 0 unspecified atom stereocenters. The van der Waals surface area contributed by atoms with Crippen LogP contribution in [0.15, 0.2) is 79.0 Å². The summed E-state index contributed by atoms with van der Waals surface area (Å²) in [4.78, 5) is 7.85. The first-order valence-electron chi connectivity index (χ1n) is 9.91. The normalized spacial score (nSPS) is 11.8. The average molecular weight is 388 g/mol. The fourth-order valence-electron chi connectivity index (χ4n) is 3.80. The van der Waals surface area contributed by atoms with E-state index in [0.717, 1.165) is 34.0 Å². The van der Waals surface area contributed by atoms with Gasteiger partial charge in [-0.1, -0.05) is 60.2 Å². The Morgan fingerprint density at radius 1 is 1.03 bits per heavy atom. The number of hydrogen-bond acceptors (Lipinski definition) is 2. The van der Waals surface area contributed by atoms with E-state index in [2.05, 4.69) is 70.1 Å². The molecule has 0 saturated carbocycles. The molecule has 0 saturated heterocycles. The molecule has 0 atom stereocenters. The largest absolute Gasteiger partial charge is 0.342 e. The van der Waals surface area contributed by atoms with Crippen molar-refractivity contribution in [3.8, 4) is 6.07 Å². The third-order valence-electron chi connectivity index (χ3n) is 5.36. The van der Waals surface area contributed by atoms with Gasteiger partial charge < -0.3 is 9.55 Å². The van der Waals surface area contributed by atoms with Crippen LogP contribution >= 0.6 is 0 Å². The van der Waals surface area contributed by atoms with E-state index in [4.69, 9.17) is 0 Å². The van der Waals surface area contributed by atoms with E-state index in [0.29, 0.717) is 11.4 Å². The fourth-order valence-corrected chi connectivity index (χ4v) is 3.80. The van der Waals surface area contributed by atoms with Crippen LogP contribution in [-0.4, -0.2) is 14.5 Å². The molecule has 4 nitrogen and oxygen atoms in total. The van der Waals surface area contributed by atoms with E-state index in [1.165, 1.54) is 11.1 Å². The molecule has 0 aliphatic carbocycles. The molecule has 0 bridgehead atoms. The number of nitrogens with one attached hydrogen (secondary N) is 1. The lowest BCUT2D eigenvalue weighted by Gasteiger charge is -2.06. The van der Waals surface area contributed by atoms with Crippen molar-refractivity contribution < 1.29 is 0 Å². The first kappa shape index (κ1) is 18.0. The van der Waals surface area contributed by atoms with Gasteiger partial charge in [-0.05, 0) is 36.8 Å². The van der Waals surface area contributed by atoms with Crippen molar-refractivity contribution in [1.29, 1.82) is 5.26 Å². The van der Waals surface area contributed by atoms with E-state index in [1.807, 2.05) is 42.5 Å². The monoisotopic (exact) mass is 388 g/mol. The number of benzene rings is 3. The second kappa shape index (κ2) is 7.38. The van der Waals surface area contributed by atoms with Gasteiger partial charge in [0.15, 0.2) is 0 Å². The standard InChI is InChI=1S/C26H20N4/c1-18-10-12-19(13-11-18)16-30-17-21(22-6-2-5-9-25(22)30)14-20(15-27)26-28-23-7-3-4-8-24(23)29-26/h2-14,17H,16H2,1H3,(H,28,29). The molecule has 4 heteroatoms. The molecule has 2 heterocycles. The summed E-state index contributed by atoms with van der Waals surface area (Å²) in [6.07, 6.45) is 4.04. The Labute approximate surface area is 174 Å². The van der Waals surface area contributed by atoms with E-state index in [9.17, 15) is 5.26 Å². The molecule has 0 fully saturated rings. The van der Waals surface area contributed by atoms with Crippen LogP contribution in [0, 0.1) is 18.3 Å². The third-order valence-corrected chi connectivity index (χ3v) is 5.36. The Hall–Kier alpha value is -4.10. The molecule has 0 amide bonds. The molecule has 5 aromatic rings. The molecule has 30 heavy (non-hydrogen) atoms. The summed E-state index contributed by atoms with van der Waals surface area (Å²) in [5, 5.41) is 10.9. The van der Waals surface area contributed by atoms with Crippen molar-refractivity contribution in [2.45, 2.75) is 13.5 Å². The summed E-state index contributed by atoms with van der Waals surface area (Å²) >= 11 is 0. The topological polar surface area (TPSA) is 57.4 Å². The summed E-state index contributed by atoms with van der Waals surface area (Å²) in [6, 6.07) is 27.0. The number of H-pyrrole nitrogens is 1. The van der Waals surface area contributed by atoms with Gasteiger partial charge >= 0.3 is 0 Å². The van der Waals surface area contributed by atoms with Crippen LogP contribution in [0.25, 0.3) is 33.6 Å². The van der Waals surface area contributed by atoms with Crippen molar-refractivity contribution in [3.05, 3.63) is 102 Å². The van der Waals surface area contributed by atoms with Crippen LogP contribution in [0.3, 0.4) is 0 Å². The zero-order valence-electron chi connectivity index (χ0n) is 16.6. The number of rotatable bonds is 4. The van der Waals surface area contributed by atoms with Gasteiger partial charge in [0.1, 0.15) is 11.9 Å². The molecular weight excluding hydrogens is 368 g/mol. The lowest BCUT2D eigenvalue weighted by atomic mass is 10.1. The van der Waals surface area contributed by atoms with Gasteiger partial charge in [0.2, 0.25) is 0 Å². The number of imidazole rings is 1. The highest BCUT2D eigenvalue weighted by molar-refractivity contribution is 5.98. The Morgan fingerprint density at radius 3 is 2.60 bits per heavy atom. The molecule has 5 rings (SSSR count). The van der Waals surface area contributed by atoms with Crippen molar-refractivity contribution in [2.75, 3.05) is 0 Å². The molecule has 0 spiro atoms. The third kappa shape index (κ3) is 3.27. The Morgan fingerprint density at radius 2 is 1.80 bits per heavy atom. The molecule has 0 aliphatic rings. The zero-order chi connectivity index (χ0) is 20.5. The highest BCUT2D eigenvalue weighted by Crippen LogP contribution is 2.27. The highest BCUT2D eigenvalue weighted by atomic mass is 15.0. The molecule has 2 aromatic heterocycles. The second-order valence-corrected chi connectivity index (χ2v) is 7.49.